The summed E-state index contributed by atoms with van der Waals surface area (Å²) in [4.78, 5) is 0. The number of phenolic OH excluding ortho intramolecular Hbond substituents is 1. The highest BCUT2D eigenvalue weighted by atomic mass is 16.5. The minimum atomic E-state index is 0.286. The zero-order valence-electron chi connectivity index (χ0n) is 8.62. The lowest BCUT2D eigenvalue weighted by atomic mass is 9.69. The largest absolute Gasteiger partial charge is 0.508 e. The highest BCUT2D eigenvalue weighted by Gasteiger charge is 2.39. The molecule has 1 heterocycles. The molecule has 0 saturated heterocycles. The first kappa shape index (κ1) is 8.89. The topological polar surface area (TPSA) is 41.5 Å². The molecule has 1 aliphatic heterocycles. The van der Waals surface area contributed by atoms with E-state index in [-0.39, 0.29) is 5.75 Å². The van der Waals surface area contributed by atoms with Gasteiger partial charge in [0.05, 0.1) is 12.3 Å². The molecule has 0 amide bonds. The fraction of sp³-hybridized carbons (Fsp3) is 0.500. The lowest BCUT2D eigenvalue weighted by Gasteiger charge is -2.40. The minimum absolute atomic E-state index is 0.286. The van der Waals surface area contributed by atoms with Crippen molar-refractivity contribution in [2.24, 2.45) is 5.41 Å². The Labute approximate surface area is 89.1 Å². The Hall–Kier alpha value is -1.38. The average Bonchev–Trinajstić information content (AvgIpc) is 2.36. The molecule has 1 spiro atoms. The van der Waals surface area contributed by atoms with Gasteiger partial charge in [-0.1, -0.05) is 6.42 Å². The van der Waals surface area contributed by atoms with Gasteiger partial charge in [-0.3, -0.25) is 0 Å². The van der Waals surface area contributed by atoms with Crippen LogP contribution in [0.15, 0.2) is 18.2 Å². The molecule has 1 aromatic rings. The van der Waals surface area contributed by atoms with Gasteiger partial charge in [0.2, 0.25) is 0 Å². The Bertz CT molecular complexity index is 385. The summed E-state index contributed by atoms with van der Waals surface area (Å²) < 4.78 is 5.79. The van der Waals surface area contributed by atoms with Gasteiger partial charge in [0.1, 0.15) is 11.5 Å². The first-order chi connectivity index (χ1) is 7.27. The van der Waals surface area contributed by atoms with Crippen molar-refractivity contribution in [2.45, 2.75) is 19.3 Å². The van der Waals surface area contributed by atoms with Gasteiger partial charge in [-0.25, -0.2) is 0 Å². The molecule has 0 atom stereocenters. The minimum Gasteiger partial charge on any atom is -0.508 e. The Morgan fingerprint density at radius 1 is 1.33 bits per heavy atom. The molecule has 0 unspecified atom stereocenters. The van der Waals surface area contributed by atoms with Gasteiger partial charge in [-0.2, -0.15) is 0 Å². The molecule has 1 aliphatic carbocycles. The van der Waals surface area contributed by atoms with Crippen LogP contribution >= 0.6 is 0 Å². The van der Waals surface area contributed by atoms with Crippen molar-refractivity contribution in [3.05, 3.63) is 18.2 Å². The molecule has 80 valence electrons. The van der Waals surface area contributed by atoms with E-state index in [4.69, 9.17) is 4.74 Å². The molecule has 3 rings (SSSR count). The smallest absolute Gasteiger partial charge is 0.142 e. The van der Waals surface area contributed by atoms with Gasteiger partial charge in [-0.05, 0) is 25.0 Å². The van der Waals surface area contributed by atoms with Gasteiger partial charge in [0.25, 0.3) is 0 Å². The van der Waals surface area contributed by atoms with Crippen molar-refractivity contribution in [1.82, 2.24) is 0 Å². The van der Waals surface area contributed by atoms with Crippen LogP contribution < -0.4 is 10.1 Å². The van der Waals surface area contributed by atoms with Crippen molar-refractivity contribution in [2.75, 3.05) is 18.5 Å². The van der Waals surface area contributed by atoms with Gasteiger partial charge in [-0.15, -0.1) is 0 Å². The Kier molecular flexibility index (Phi) is 1.81. The third kappa shape index (κ3) is 1.42. The fourth-order valence-corrected chi connectivity index (χ4v) is 2.34. The second-order valence-electron chi connectivity index (χ2n) is 4.68. The van der Waals surface area contributed by atoms with E-state index >= 15 is 0 Å². The summed E-state index contributed by atoms with van der Waals surface area (Å²) in [6.07, 6.45) is 3.81. The lowest BCUT2D eigenvalue weighted by molar-refractivity contribution is 0.0766. The van der Waals surface area contributed by atoms with Crippen molar-refractivity contribution in [3.63, 3.8) is 0 Å². The van der Waals surface area contributed by atoms with E-state index in [9.17, 15) is 5.11 Å². The van der Waals surface area contributed by atoms with Crippen LogP contribution in [0.4, 0.5) is 5.69 Å². The Morgan fingerprint density at radius 2 is 2.20 bits per heavy atom. The van der Waals surface area contributed by atoms with E-state index in [0.29, 0.717) is 5.41 Å². The first-order valence-electron chi connectivity index (χ1n) is 5.47. The molecule has 0 aromatic heterocycles. The van der Waals surface area contributed by atoms with Crippen LogP contribution in [0.25, 0.3) is 0 Å². The van der Waals surface area contributed by atoms with Crippen LogP contribution in [0.3, 0.4) is 0 Å². The van der Waals surface area contributed by atoms with Gasteiger partial charge >= 0.3 is 0 Å². The summed E-state index contributed by atoms with van der Waals surface area (Å²) >= 11 is 0. The monoisotopic (exact) mass is 205 g/mol. The SMILES string of the molecule is Oc1ccc2c(c1)NCC1(CCC1)CO2. The van der Waals surface area contributed by atoms with Gasteiger partial charge < -0.3 is 15.2 Å². The molecule has 2 N–H and O–H groups in total. The van der Waals surface area contributed by atoms with Crippen LogP contribution in [0.2, 0.25) is 0 Å². The number of anilines is 1. The summed E-state index contributed by atoms with van der Waals surface area (Å²) in [5.74, 6) is 1.14. The number of rotatable bonds is 0. The van der Waals surface area contributed by atoms with Crippen molar-refractivity contribution >= 4 is 5.69 Å². The van der Waals surface area contributed by atoms with Gasteiger partial charge in [0.15, 0.2) is 0 Å². The van der Waals surface area contributed by atoms with Gasteiger partial charge in [0, 0.05) is 18.0 Å². The third-order valence-electron chi connectivity index (χ3n) is 3.57. The zero-order chi connectivity index (χ0) is 10.3. The maximum atomic E-state index is 9.39. The molecule has 2 aliphatic rings. The summed E-state index contributed by atoms with van der Waals surface area (Å²) in [5, 5.41) is 12.8. The molecule has 0 radical (unpaired) electrons. The first-order valence-corrected chi connectivity index (χ1v) is 5.47. The molecular formula is C12H15NO2. The summed E-state index contributed by atoms with van der Waals surface area (Å²) in [6.45, 7) is 1.77. The van der Waals surface area contributed by atoms with Crippen molar-refractivity contribution in [3.8, 4) is 11.5 Å². The maximum Gasteiger partial charge on any atom is 0.142 e. The maximum absolute atomic E-state index is 9.39. The molecule has 3 heteroatoms. The summed E-state index contributed by atoms with van der Waals surface area (Å²) in [7, 11) is 0. The van der Waals surface area contributed by atoms with E-state index < -0.39 is 0 Å². The van der Waals surface area contributed by atoms with Crippen LogP contribution in [-0.2, 0) is 0 Å². The number of phenols is 1. The lowest BCUT2D eigenvalue weighted by Crippen LogP contribution is -2.40. The van der Waals surface area contributed by atoms with Crippen LogP contribution in [0.1, 0.15) is 19.3 Å². The van der Waals surface area contributed by atoms with Crippen LogP contribution in [-0.4, -0.2) is 18.3 Å². The molecular weight excluding hydrogens is 190 g/mol. The summed E-state index contributed by atoms with van der Waals surface area (Å²) in [6, 6.07) is 5.22. The molecule has 1 saturated carbocycles. The molecule has 0 bridgehead atoms. The number of nitrogens with one attached hydrogen (secondary N) is 1. The Balaban J connectivity index is 1.88. The molecule has 15 heavy (non-hydrogen) atoms. The second kappa shape index (κ2) is 3.05. The highest BCUT2D eigenvalue weighted by molar-refractivity contribution is 5.60. The molecule has 1 fully saturated rings. The number of fused-ring (bicyclic) bond motifs is 1. The zero-order valence-corrected chi connectivity index (χ0v) is 8.62. The predicted octanol–water partition coefficient (Wildman–Crippen LogP) is 2.37. The normalized spacial score (nSPS) is 21.9. The third-order valence-corrected chi connectivity index (χ3v) is 3.57. The van der Waals surface area contributed by atoms with E-state index in [1.165, 1.54) is 19.3 Å². The highest BCUT2D eigenvalue weighted by Crippen LogP contribution is 2.44. The number of benzene rings is 1. The summed E-state index contributed by atoms with van der Waals surface area (Å²) in [5.41, 5.74) is 1.26. The predicted molar refractivity (Wildman–Crippen MR) is 58.4 cm³/mol. The standard InChI is InChI=1S/C12H15NO2/c14-9-2-3-11-10(6-9)13-7-12(8-15-11)4-1-5-12/h2-3,6,13-14H,1,4-5,7-8H2. The molecule has 1 aromatic carbocycles. The average molecular weight is 205 g/mol. The quantitative estimate of drug-likeness (QED) is 0.683. The van der Waals surface area contributed by atoms with E-state index in [1.807, 2.05) is 6.07 Å². The Morgan fingerprint density at radius 3 is 2.93 bits per heavy atom. The van der Waals surface area contributed by atoms with Crippen LogP contribution in [0.5, 0.6) is 11.5 Å². The number of hydrogen-bond donors (Lipinski definition) is 2. The molecule has 3 nitrogen and oxygen atoms in total. The fourth-order valence-electron chi connectivity index (χ4n) is 2.34. The van der Waals surface area contributed by atoms with E-state index in [1.54, 1.807) is 12.1 Å². The number of aromatic hydroxyl groups is 1. The van der Waals surface area contributed by atoms with Crippen LogP contribution in [0, 0.1) is 5.41 Å². The number of hydrogen-bond acceptors (Lipinski definition) is 3. The van der Waals surface area contributed by atoms with Crippen molar-refractivity contribution in [1.29, 1.82) is 0 Å². The van der Waals surface area contributed by atoms with Crippen molar-refractivity contribution < 1.29 is 9.84 Å². The van der Waals surface area contributed by atoms with E-state index in [0.717, 1.165) is 24.6 Å². The van der Waals surface area contributed by atoms with E-state index in [2.05, 4.69) is 5.32 Å². The second-order valence-corrected chi connectivity index (χ2v) is 4.68. The number of ether oxygens (including phenoxy) is 1.